The van der Waals surface area contributed by atoms with Crippen molar-refractivity contribution in [2.45, 2.75) is 13.3 Å². The van der Waals surface area contributed by atoms with Crippen LogP contribution in [0.3, 0.4) is 0 Å². The summed E-state index contributed by atoms with van der Waals surface area (Å²) in [4.78, 5) is 21.5. The molecule has 1 aromatic heterocycles. The van der Waals surface area contributed by atoms with Crippen LogP contribution in [-0.4, -0.2) is 22.8 Å². The first-order valence-electron chi connectivity index (χ1n) is 6.89. The molecule has 0 amide bonds. The highest BCUT2D eigenvalue weighted by molar-refractivity contribution is 6.01. The zero-order chi connectivity index (χ0) is 15.5. The highest BCUT2D eigenvalue weighted by Crippen LogP contribution is 2.42. The molecule has 1 aliphatic rings. The summed E-state index contributed by atoms with van der Waals surface area (Å²) in [7, 11) is 0. The molecule has 0 atom stereocenters. The van der Waals surface area contributed by atoms with E-state index in [-0.39, 0.29) is 0 Å². The number of nitrogens with zero attached hydrogens (tertiary/aromatic N) is 3. The third-order valence-electron chi connectivity index (χ3n) is 3.12. The molecule has 0 fully saturated rings. The third kappa shape index (κ3) is 2.47. The SMILES string of the molecule is CCCOC(=O)c1cccc2c1N(c1cccnc1)ON2O. The molecule has 7 heteroatoms. The number of esters is 1. The standard InChI is InChI=1S/C15H15N3O4/c1-2-9-21-15(19)12-6-3-7-13-14(12)17(22-18(13)20)11-5-4-8-16-10-11/h3-8,10,20H,2,9H2,1H3. The highest BCUT2D eigenvalue weighted by Gasteiger charge is 2.33. The van der Waals surface area contributed by atoms with Gasteiger partial charge >= 0.3 is 5.97 Å². The van der Waals surface area contributed by atoms with E-state index in [1.54, 1.807) is 42.7 Å². The summed E-state index contributed by atoms with van der Waals surface area (Å²) in [6.07, 6.45) is 3.92. The molecule has 7 nitrogen and oxygen atoms in total. The van der Waals surface area contributed by atoms with Crippen molar-refractivity contribution in [3.63, 3.8) is 0 Å². The van der Waals surface area contributed by atoms with Crippen LogP contribution in [0.15, 0.2) is 42.7 Å². The number of carbonyl (C=O) groups excluding carboxylic acids is 1. The van der Waals surface area contributed by atoms with Crippen LogP contribution in [0.1, 0.15) is 23.7 Å². The van der Waals surface area contributed by atoms with Gasteiger partial charge in [-0.15, -0.1) is 10.2 Å². The molecule has 1 aromatic carbocycles. The van der Waals surface area contributed by atoms with Gasteiger partial charge in [-0.25, -0.2) is 4.79 Å². The van der Waals surface area contributed by atoms with Crippen LogP contribution in [0.25, 0.3) is 0 Å². The van der Waals surface area contributed by atoms with Crippen LogP contribution in [-0.2, 0) is 9.68 Å². The van der Waals surface area contributed by atoms with Gasteiger partial charge in [-0.05, 0) is 30.7 Å². The number of anilines is 3. The molecule has 0 bridgehead atoms. The van der Waals surface area contributed by atoms with Crippen molar-refractivity contribution < 1.29 is 19.7 Å². The topological polar surface area (TPSA) is 75.1 Å². The molecule has 0 spiro atoms. The quantitative estimate of drug-likeness (QED) is 0.870. The van der Waals surface area contributed by atoms with Crippen molar-refractivity contribution in [2.75, 3.05) is 16.9 Å². The van der Waals surface area contributed by atoms with E-state index < -0.39 is 5.97 Å². The van der Waals surface area contributed by atoms with Gasteiger partial charge in [0.2, 0.25) is 0 Å². The van der Waals surface area contributed by atoms with E-state index in [0.29, 0.717) is 34.5 Å². The molecule has 114 valence electrons. The zero-order valence-corrected chi connectivity index (χ0v) is 12.0. The van der Waals surface area contributed by atoms with Crippen LogP contribution >= 0.6 is 0 Å². The summed E-state index contributed by atoms with van der Waals surface area (Å²) in [5.74, 6) is -0.466. The summed E-state index contributed by atoms with van der Waals surface area (Å²) in [6, 6.07) is 8.41. The molecular weight excluding hydrogens is 286 g/mol. The van der Waals surface area contributed by atoms with E-state index in [1.165, 1.54) is 5.06 Å². The second-order valence-electron chi connectivity index (χ2n) is 4.67. The lowest BCUT2D eigenvalue weighted by Crippen LogP contribution is -2.22. The number of fused-ring (bicyclic) bond motifs is 1. The van der Waals surface area contributed by atoms with Gasteiger partial charge in [-0.2, -0.15) is 5.06 Å². The predicted octanol–water partition coefficient (Wildman–Crippen LogP) is 2.84. The second-order valence-corrected chi connectivity index (χ2v) is 4.67. The van der Waals surface area contributed by atoms with Crippen molar-refractivity contribution in [3.05, 3.63) is 48.3 Å². The Kier molecular flexibility index (Phi) is 3.90. The van der Waals surface area contributed by atoms with Gasteiger partial charge < -0.3 is 4.74 Å². The number of para-hydroxylation sites is 1. The van der Waals surface area contributed by atoms with Crippen molar-refractivity contribution >= 4 is 23.0 Å². The first-order chi connectivity index (χ1) is 10.7. The minimum Gasteiger partial charge on any atom is -0.462 e. The molecule has 22 heavy (non-hydrogen) atoms. The van der Waals surface area contributed by atoms with Gasteiger partial charge in [0.25, 0.3) is 0 Å². The maximum Gasteiger partial charge on any atom is 0.340 e. The number of carbonyl (C=O) groups is 1. The van der Waals surface area contributed by atoms with Gasteiger partial charge in [0.1, 0.15) is 11.4 Å². The van der Waals surface area contributed by atoms with Gasteiger partial charge in [-0.3, -0.25) is 10.2 Å². The minimum absolute atomic E-state index is 0.311. The van der Waals surface area contributed by atoms with Crippen LogP contribution < -0.4 is 10.3 Å². The van der Waals surface area contributed by atoms with Crippen LogP contribution in [0.4, 0.5) is 17.1 Å². The lowest BCUT2D eigenvalue weighted by atomic mass is 10.1. The smallest absolute Gasteiger partial charge is 0.340 e. The van der Waals surface area contributed by atoms with Gasteiger partial charge in [0.05, 0.1) is 24.1 Å². The molecule has 0 saturated carbocycles. The molecule has 0 saturated heterocycles. The Morgan fingerprint density at radius 1 is 1.36 bits per heavy atom. The lowest BCUT2D eigenvalue weighted by molar-refractivity contribution is -0.0269. The Labute approximate surface area is 127 Å². The van der Waals surface area contributed by atoms with Crippen molar-refractivity contribution in [2.24, 2.45) is 0 Å². The fraction of sp³-hybridized carbons (Fsp3) is 0.200. The molecule has 2 aromatic rings. The Bertz CT molecular complexity index is 678. The normalized spacial score (nSPS) is 13.2. The van der Waals surface area contributed by atoms with Gasteiger partial charge in [0, 0.05) is 6.20 Å². The molecule has 1 N–H and O–H groups in total. The molecule has 1 aliphatic heterocycles. The van der Waals surface area contributed by atoms with Gasteiger partial charge in [-0.1, -0.05) is 13.0 Å². The molecule has 0 aliphatic carbocycles. The summed E-state index contributed by atoms with van der Waals surface area (Å²) in [5, 5.41) is 11.8. The third-order valence-corrected chi connectivity index (χ3v) is 3.12. The number of benzene rings is 1. The van der Waals surface area contributed by atoms with E-state index in [9.17, 15) is 10.0 Å². The van der Waals surface area contributed by atoms with E-state index in [2.05, 4.69) is 4.98 Å². The first-order valence-corrected chi connectivity index (χ1v) is 6.89. The number of ether oxygens (including phenoxy) is 1. The van der Waals surface area contributed by atoms with Crippen LogP contribution in [0.2, 0.25) is 0 Å². The minimum atomic E-state index is -0.466. The number of hydrogen-bond donors (Lipinski definition) is 1. The number of aromatic nitrogens is 1. The Morgan fingerprint density at radius 2 is 2.23 bits per heavy atom. The average molecular weight is 301 g/mol. The molecule has 0 radical (unpaired) electrons. The predicted molar refractivity (Wildman–Crippen MR) is 78.7 cm³/mol. The van der Waals surface area contributed by atoms with Crippen LogP contribution in [0, 0.1) is 0 Å². The molecule has 0 unspecified atom stereocenters. The van der Waals surface area contributed by atoms with E-state index in [4.69, 9.17) is 9.68 Å². The van der Waals surface area contributed by atoms with Crippen LogP contribution in [0.5, 0.6) is 0 Å². The van der Waals surface area contributed by atoms with E-state index in [0.717, 1.165) is 6.42 Å². The summed E-state index contributed by atoms with van der Waals surface area (Å²) in [6.45, 7) is 2.25. The average Bonchev–Trinajstić information content (AvgIpc) is 2.91. The highest BCUT2D eigenvalue weighted by atomic mass is 17.0. The largest absolute Gasteiger partial charge is 0.462 e. The van der Waals surface area contributed by atoms with Crippen molar-refractivity contribution in [3.8, 4) is 0 Å². The molecule has 2 heterocycles. The molecular formula is C15H15N3O4. The lowest BCUT2D eigenvalue weighted by Gasteiger charge is -2.17. The summed E-state index contributed by atoms with van der Waals surface area (Å²) >= 11 is 0. The van der Waals surface area contributed by atoms with Crippen molar-refractivity contribution in [1.29, 1.82) is 0 Å². The Hall–Kier alpha value is -2.64. The Balaban J connectivity index is 2.04. The number of rotatable bonds is 4. The fourth-order valence-corrected chi connectivity index (χ4v) is 2.15. The van der Waals surface area contributed by atoms with Crippen molar-refractivity contribution in [1.82, 2.24) is 4.98 Å². The number of pyridine rings is 1. The Morgan fingerprint density at radius 3 is 2.95 bits per heavy atom. The summed E-state index contributed by atoms with van der Waals surface area (Å²) in [5.41, 5.74) is 1.66. The van der Waals surface area contributed by atoms with Gasteiger partial charge in [0.15, 0.2) is 0 Å². The molecule has 3 rings (SSSR count). The fourth-order valence-electron chi connectivity index (χ4n) is 2.15. The van der Waals surface area contributed by atoms with E-state index >= 15 is 0 Å². The first kappa shape index (κ1) is 14.3. The number of hydrogen-bond acceptors (Lipinski definition) is 7. The van der Waals surface area contributed by atoms with E-state index in [1.807, 2.05) is 6.92 Å². The maximum absolute atomic E-state index is 12.2. The zero-order valence-electron chi connectivity index (χ0n) is 12.0. The monoisotopic (exact) mass is 301 g/mol. The maximum atomic E-state index is 12.2. The summed E-state index contributed by atoms with van der Waals surface area (Å²) < 4.78 is 5.19. The second kappa shape index (κ2) is 6.00.